The number of amides is 4. The van der Waals surface area contributed by atoms with Crippen LogP contribution >= 0.6 is 0 Å². The summed E-state index contributed by atoms with van der Waals surface area (Å²) in [5.41, 5.74) is 2.87. The van der Waals surface area contributed by atoms with Crippen LogP contribution in [0.25, 0.3) is 0 Å². The number of benzene rings is 4. The predicted octanol–water partition coefficient (Wildman–Crippen LogP) is 4.02. The van der Waals surface area contributed by atoms with Crippen molar-refractivity contribution in [3.8, 4) is 23.0 Å². The quantitative estimate of drug-likeness (QED) is 0.182. The fourth-order valence-electron chi connectivity index (χ4n) is 5.56. The molecule has 0 radical (unpaired) electrons. The van der Waals surface area contributed by atoms with E-state index in [9.17, 15) is 29.1 Å². The molecule has 0 saturated carbocycles. The van der Waals surface area contributed by atoms with E-state index in [2.05, 4.69) is 11.9 Å². The molecule has 1 atom stereocenters. The largest absolute Gasteiger partial charge is 0.482 e. The van der Waals surface area contributed by atoms with Gasteiger partial charge in [-0.25, -0.2) is 0 Å². The maximum absolute atomic E-state index is 11.6. The van der Waals surface area contributed by atoms with Crippen LogP contribution < -0.4 is 39.0 Å². The van der Waals surface area contributed by atoms with Gasteiger partial charge in [0.25, 0.3) is 23.6 Å². The fraction of sp³-hybridized carbons (Fsp3) is 0.262. The Bertz CT molecular complexity index is 1930. The summed E-state index contributed by atoms with van der Waals surface area (Å²) < 4.78 is 20.9. The third kappa shape index (κ3) is 11.6. The van der Waals surface area contributed by atoms with Crippen molar-refractivity contribution in [3.05, 3.63) is 110 Å². The highest BCUT2D eigenvalue weighted by Crippen LogP contribution is 2.33. The summed E-state index contributed by atoms with van der Waals surface area (Å²) in [6, 6.07) is 29.2. The van der Waals surface area contributed by atoms with Crippen LogP contribution in [0.15, 0.2) is 110 Å². The number of β-amino-alcohol motifs (C(OH)–C–C–N with tert-alkyl or cyclic N) is 1. The lowest BCUT2D eigenvalue weighted by atomic mass is 10.2. The van der Waals surface area contributed by atoms with Gasteiger partial charge in [0, 0.05) is 6.54 Å². The maximum atomic E-state index is 11.6. The lowest BCUT2D eigenvalue weighted by Crippen LogP contribution is -2.44. The third-order valence-corrected chi connectivity index (χ3v) is 8.12. The van der Waals surface area contributed by atoms with Crippen LogP contribution in [0.5, 0.6) is 23.0 Å². The van der Waals surface area contributed by atoms with Gasteiger partial charge >= 0.3 is 0 Å². The number of ether oxygens (including phenoxy) is 4. The van der Waals surface area contributed by atoms with Gasteiger partial charge in [0.2, 0.25) is 0 Å². The first-order chi connectivity index (χ1) is 27.7. The number of anilines is 4. The van der Waals surface area contributed by atoms with E-state index in [4.69, 9.17) is 24.1 Å². The molecule has 8 rings (SSSR count). The molecule has 0 bridgehead atoms. The number of hydrogen-bond acceptors (Lipinski definition) is 11. The van der Waals surface area contributed by atoms with Gasteiger partial charge in [-0.1, -0.05) is 68.5 Å². The summed E-state index contributed by atoms with van der Waals surface area (Å²) in [7, 11) is 0. The molecule has 15 nitrogen and oxygen atoms in total. The number of carbonyl (C=O) groups excluding carboxylic acids is 5. The van der Waals surface area contributed by atoms with E-state index in [0.29, 0.717) is 35.7 Å². The number of carbonyl (C=O) groups is 5. The van der Waals surface area contributed by atoms with Crippen LogP contribution in [-0.4, -0.2) is 98.9 Å². The molecule has 0 aromatic heterocycles. The summed E-state index contributed by atoms with van der Waals surface area (Å²) in [4.78, 5) is 60.2. The highest BCUT2D eigenvalue weighted by atomic mass is 16.5. The van der Waals surface area contributed by atoms with E-state index >= 15 is 0 Å². The first kappa shape index (κ1) is 43.0. The van der Waals surface area contributed by atoms with Crippen molar-refractivity contribution in [1.29, 1.82) is 0 Å². The van der Waals surface area contributed by atoms with Crippen LogP contribution in [0, 0.1) is 0 Å². The van der Waals surface area contributed by atoms with Gasteiger partial charge in [-0.3, -0.25) is 24.1 Å². The van der Waals surface area contributed by atoms with Crippen molar-refractivity contribution in [3.63, 3.8) is 0 Å². The number of aliphatic hydroxyl groups excluding tert-OH is 2. The molecule has 57 heavy (non-hydrogen) atoms. The first-order valence-corrected chi connectivity index (χ1v) is 18.2. The van der Waals surface area contributed by atoms with E-state index in [0.717, 1.165) is 22.9 Å². The minimum atomic E-state index is -0.935. The second-order valence-electron chi connectivity index (χ2n) is 11.9. The Balaban J connectivity index is 0.000000167. The monoisotopic (exact) mass is 782 g/mol. The van der Waals surface area contributed by atoms with Crippen molar-refractivity contribution in [2.45, 2.75) is 20.0 Å². The number of rotatable bonds is 7. The highest BCUT2D eigenvalue weighted by molar-refractivity contribution is 6.00. The number of nitrogens with zero attached hydrogens (tertiary/aromatic N) is 3. The zero-order valence-corrected chi connectivity index (χ0v) is 31.7. The van der Waals surface area contributed by atoms with Gasteiger partial charge in [-0.2, -0.15) is 0 Å². The molecule has 0 spiro atoms. The van der Waals surface area contributed by atoms with Crippen molar-refractivity contribution < 1.29 is 53.1 Å². The van der Waals surface area contributed by atoms with Crippen LogP contribution in [0.1, 0.15) is 13.8 Å². The Labute approximate surface area is 330 Å². The first-order valence-electron chi connectivity index (χ1n) is 18.2. The number of nitrogens with one attached hydrogen (secondary N) is 1. The lowest BCUT2D eigenvalue weighted by molar-refractivity contribution is -0.122. The summed E-state index contributed by atoms with van der Waals surface area (Å²) in [5.74, 6) is 2.25. The fourth-order valence-corrected chi connectivity index (χ4v) is 5.56. The molecular formula is C42H46N4O11. The van der Waals surface area contributed by atoms with E-state index in [1.54, 1.807) is 47.4 Å². The Morgan fingerprint density at radius 3 is 1.51 bits per heavy atom. The van der Waals surface area contributed by atoms with Crippen molar-refractivity contribution in [1.82, 2.24) is 0 Å². The standard InChI is InChI=1S/C11H13NO4.C11H11NO2.C10H9NO3.C8H7NO2.C2H6/c13-6-8(14)5-12-9-3-1-2-4-10(9)16-7-11(12)15;1-2-7-12-9-5-3-4-6-10(9)14-8-11(12)13;12-6-5-11-8-3-1-2-4-9(8)14-7-10(11)13;10-8-5-11-7-4-2-1-3-6(7)9-8;1-2/h1-4,8,13-14H,5-7H2;2-6H,1,7-8H2;1-4,6H,5,7H2;1-4H,5H2,(H,9,10);1-2H3. The summed E-state index contributed by atoms with van der Waals surface area (Å²) >= 11 is 0. The van der Waals surface area contributed by atoms with Crippen LogP contribution in [0.2, 0.25) is 0 Å². The normalized spacial score (nSPS) is 14.8. The Kier molecular flexibility index (Phi) is 16.6. The molecule has 4 aliphatic heterocycles. The van der Waals surface area contributed by atoms with Gasteiger partial charge < -0.3 is 49.1 Å². The van der Waals surface area contributed by atoms with Crippen molar-refractivity contribution >= 4 is 52.7 Å². The van der Waals surface area contributed by atoms with E-state index in [1.165, 1.54) is 9.80 Å². The van der Waals surface area contributed by atoms with Gasteiger partial charge in [0.05, 0.1) is 48.5 Å². The van der Waals surface area contributed by atoms with Crippen molar-refractivity contribution in [2.24, 2.45) is 0 Å². The summed E-state index contributed by atoms with van der Waals surface area (Å²) in [6.07, 6.45) is 1.48. The zero-order chi connectivity index (χ0) is 41.2. The summed E-state index contributed by atoms with van der Waals surface area (Å²) in [5, 5.41) is 20.8. The molecule has 0 saturated heterocycles. The maximum Gasteiger partial charge on any atom is 0.265 e. The Morgan fingerprint density at radius 1 is 0.632 bits per heavy atom. The number of aldehydes is 1. The second kappa shape index (κ2) is 22.0. The molecule has 3 N–H and O–H groups in total. The second-order valence-corrected chi connectivity index (χ2v) is 11.9. The van der Waals surface area contributed by atoms with Gasteiger partial charge in [0.15, 0.2) is 26.4 Å². The van der Waals surface area contributed by atoms with E-state index in [1.807, 2.05) is 74.5 Å². The average Bonchev–Trinajstić information content (AvgIpc) is 3.25. The van der Waals surface area contributed by atoms with Crippen LogP contribution in [0.3, 0.4) is 0 Å². The number of aliphatic hydroxyl groups is 2. The molecule has 4 amide bonds. The highest BCUT2D eigenvalue weighted by Gasteiger charge is 2.27. The molecule has 0 fully saturated rings. The minimum absolute atomic E-state index is 0.00481. The number of para-hydroxylation sites is 8. The summed E-state index contributed by atoms with van der Waals surface area (Å²) in [6.45, 7) is 8.16. The molecule has 4 heterocycles. The zero-order valence-electron chi connectivity index (χ0n) is 31.7. The molecule has 0 aliphatic carbocycles. The average molecular weight is 783 g/mol. The Morgan fingerprint density at radius 2 is 1.04 bits per heavy atom. The lowest BCUT2D eigenvalue weighted by Gasteiger charge is -2.30. The van der Waals surface area contributed by atoms with Crippen LogP contribution in [0.4, 0.5) is 22.7 Å². The Hall–Kier alpha value is -6.71. The molecule has 4 aromatic carbocycles. The topological polar surface area (TPSA) is 184 Å². The van der Waals surface area contributed by atoms with E-state index in [-0.39, 0.29) is 69.8 Å². The molecule has 15 heteroatoms. The molecule has 4 aromatic rings. The molecular weight excluding hydrogens is 736 g/mol. The SMILES string of the molecule is C=CCN1C(=O)COc2ccccc21.CC.O=C1COc2ccccc2N1.O=C1COc2ccccc2N1CC(O)CO.O=CCN1C(=O)COc2ccccc21. The molecule has 1 unspecified atom stereocenters. The number of fused-ring (bicyclic) bond motifs is 4. The van der Waals surface area contributed by atoms with Crippen molar-refractivity contribution in [2.75, 3.05) is 72.7 Å². The van der Waals surface area contributed by atoms with Crippen LogP contribution in [-0.2, 0) is 24.0 Å². The number of hydrogen-bond donors (Lipinski definition) is 3. The predicted molar refractivity (Wildman–Crippen MR) is 214 cm³/mol. The minimum Gasteiger partial charge on any atom is -0.482 e. The molecule has 300 valence electrons. The van der Waals surface area contributed by atoms with E-state index < -0.39 is 6.10 Å². The van der Waals surface area contributed by atoms with Gasteiger partial charge in [-0.15, -0.1) is 6.58 Å². The van der Waals surface area contributed by atoms with Gasteiger partial charge in [-0.05, 0) is 48.5 Å². The smallest absolute Gasteiger partial charge is 0.265 e. The third-order valence-electron chi connectivity index (χ3n) is 8.12. The van der Waals surface area contributed by atoms with Gasteiger partial charge in [0.1, 0.15) is 29.3 Å². The molecule has 4 aliphatic rings.